The van der Waals surface area contributed by atoms with Crippen LogP contribution in [0.1, 0.15) is 10.4 Å². The summed E-state index contributed by atoms with van der Waals surface area (Å²) in [5.41, 5.74) is -2.63. The number of carbonyl (C=O) groups excluding carboxylic acids is 1. The zero-order chi connectivity index (χ0) is 28.4. The van der Waals surface area contributed by atoms with E-state index >= 15 is 8.78 Å². The maximum absolute atomic E-state index is 15.2. The van der Waals surface area contributed by atoms with Crippen molar-refractivity contribution in [2.75, 3.05) is 19.5 Å². The number of aromatic nitrogens is 3. The highest BCUT2D eigenvalue weighted by molar-refractivity contribution is 6.06. The highest BCUT2D eigenvalue weighted by Crippen LogP contribution is 2.34. The van der Waals surface area contributed by atoms with Crippen molar-refractivity contribution < 1.29 is 41.7 Å². The van der Waals surface area contributed by atoms with Crippen molar-refractivity contribution in [3.8, 4) is 40.2 Å². The fraction of sp³-hybridized carbons (Fsp3) is 0.160. The summed E-state index contributed by atoms with van der Waals surface area (Å²) in [5.74, 6) is -4.04. The van der Waals surface area contributed by atoms with Crippen molar-refractivity contribution in [1.29, 1.82) is 0 Å². The second kappa shape index (κ2) is 10.8. The minimum Gasteiger partial charge on any atom is -0.497 e. The van der Waals surface area contributed by atoms with Crippen LogP contribution in [0.3, 0.4) is 0 Å². The van der Waals surface area contributed by atoms with E-state index < -0.39 is 46.8 Å². The third-order valence-corrected chi connectivity index (χ3v) is 5.56. The molecule has 0 spiro atoms. The molecule has 0 fully saturated rings. The van der Waals surface area contributed by atoms with Gasteiger partial charge in [0.1, 0.15) is 40.3 Å². The number of ether oxygens (including phenoxy) is 3. The molecule has 2 aromatic carbocycles. The molecule has 14 heteroatoms. The number of halogens is 4. The predicted molar refractivity (Wildman–Crippen MR) is 130 cm³/mol. The van der Waals surface area contributed by atoms with Crippen LogP contribution in [0.4, 0.5) is 23.2 Å². The summed E-state index contributed by atoms with van der Waals surface area (Å²) in [7, 11) is 3.80. The Morgan fingerprint density at radius 2 is 1.56 bits per heavy atom. The second-order valence-electron chi connectivity index (χ2n) is 7.91. The molecule has 2 N–H and O–H groups in total. The van der Waals surface area contributed by atoms with E-state index in [1.165, 1.54) is 33.4 Å². The molecular formula is C25H20F4N4O6. The summed E-state index contributed by atoms with van der Waals surface area (Å²) < 4.78 is 71.4. The van der Waals surface area contributed by atoms with E-state index in [1.54, 1.807) is 0 Å². The SMILES string of the molecule is COc1cc(O)nc(-n2c(=O)c(NC(=O)c3ccc(OC(F)F)cc3)c(-c3c(F)cc(OC)cc3F)n2C)c1. The van der Waals surface area contributed by atoms with E-state index in [1.807, 2.05) is 0 Å². The Morgan fingerprint density at radius 3 is 2.13 bits per heavy atom. The van der Waals surface area contributed by atoms with Crippen LogP contribution in [0.5, 0.6) is 23.1 Å². The first-order valence-electron chi connectivity index (χ1n) is 11.0. The molecule has 0 aliphatic heterocycles. The van der Waals surface area contributed by atoms with Crippen LogP contribution >= 0.6 is 0 Å². The molecule has 204 valence electrons. The van der Waals surface area contributed by atoms with Crippen molar-refractivity contribution in [2.24, 2.45) is 7.05 Å². The van der Waals surface area contributed by atoms with Crippen LogP contribution in [0.25, 0.3) is 17.1 Å². The molecule has 4 aromatic rings. The Morgan fingerprint density at radius 1 is 0.974 bits per heavy atom. The largest absolute Gasteiger partial charge is 0.497 e. The van der Waals surface area contributed by atoms with Gasteiger partial charge in [0.05, 0.1) is 19.8 Å². The van der Waals surface area contributed by atoms with Crippen LogP contribution < -0.4 is 25.1 Å². The number of alkyl halides is 2. The summed E-state index contributed by atoms with van der Waals surface area (Å²) >= 11 is 0. The lowest BCUT2D eigenvalue weighted by molar-refractivity contribution is -0.0498. The Labute approximate surface area is 217 Å². The van der Waals surface area contributed by atoms with Crippen LogP contribution in [0.15, 0.2) is 53.3 Å². The summed E-state index contributed by atoms with van der Waals surface area (Å²) in [6.45, 7) is -3.08. The van der Waals surface area contributed by atoms with E-state index in [4.69, 9.17) is 9.47 Å². The third kappa shape index (κ3) is 5.35. The van der Waals surface area contributed by atoms with Gasteiger partial charge >= 0.3 is 6.61 Å². The zero-order valence-electron chi connectivity index (χ0n) is 20.5. The maximum atomic E-state index is 15.2. The smallest absolute Gasteiger partial charge is 0.387 e. The van der Waals surface area contributed by atoms with E-state index in [0.717, 1.165) is 45.8 Å². The number of hydrogen-bond donors (Lipinski definition) is 2. The van der Waals surface area contributed by atoms with E-state index in [-0.39, 0.29) is 34.3 Å². The van der Waals surface area contributed by atoms with Crippen LogP contribution in [0, 0.1) is 11.6 Å². The minimum absolute atomic E-state index is 0.0785. The van der Waals surface area contributed by atoms with Gasteiger partial charge in [-0.1, -0.05) is 0 Å². The van der Waals surface area contributed by atoms with Gasteiger partial charge in [-0.15, -0.1) is 0 Å². The molecule has 0 bridgehead atoms. The molecular weight excluding hydrogens is 528 g/mol. The number of amides is 1. The molecule has 0 atom stereocenters. The zero-order valence-corrected chi connectivity index (χ0v) is 20.5. The van der Waals surface area contributed by atoms with Gasteiger partial charge in [-0.25, -0.2) is 8.78 Å². The van der Waals surface area contributed by atoms with Crippen molar-refractivity contribution in [1.82, 2.24) is 14.3 Å². The Kier molecular flexibility index (Phi) is 7.47. The van der Waals surface area contributed by atoms with Gasteiger partial charge in [0.15, 0.2) is 5.82 Å². The quantitative estimate of drug-likeness (QED) is 0.319. The minimum atomic E-state index is -3.08. The standard InChI is InChI=1S/C25H20F4N4O6/c1-32-22(20-16(26)8-14(37-2)9-17(20)27)21(24(36)33(32)18-10-15(38-3)11-19(34)30-18)31-23(35)12-4-6-13(7-5-12)39-25(28)29/h4-11,25H,1-3H3,(H,30,34)(H,31,35). The monoisotopic (exact) mass is 548 g/mol. The first-order chi connectivity index (χ1) is 18.5. The maximum Gasteiger partial charge on any atom is 0.387 e. The average Bonchev–Trinajstić information content (AvgIpc) is 3.12. The molecule has 10 nitrogen and oxygen atoms in total. The van der Waals surface area contributed by atoms with Gasteiger partial charge in [-0.2, -0.15) is 18.4 Å². The number of nitrogens with zero attached hydrogens (tertiary/aromatic N) is 3. The molecule has 1 amide bonds. The Balaban J connectivity index is 1.90. The fourth-order valence-corrected chi connectivity index (χ4v) is 3.83. The number of anilines is 1. The lowest BCUT2D eigenvalue weighted by Gasteiger charge is -2.13. The number of aromatic hydroxyl groups is 1. The Hall–Kier alpha value is -5.01. The molecule has 0 aliphatic carbocycles. The molecule has 0 aliphatic rings. The Bertz CT molecular complexity index is 1580. The molecule has 0 radical (unpaired) electrons. The summed E-state index contributed by atoms with van der Waals surface area (Å²) in [5, 5.41) is 12.3. The molecule has 4 rings (SSSR count). The van der Waals surface area contributed by atoms with Gasteiger partial charge in [0.2, 0.25) is 5.88 Å². The first kappa shape index (κ1) is 27.0. The number of benzene rings is 2. The summed E-state index contributed by atoms with van der Waals surface area (Å²) in [4.78, 5) is 30.5. The molecule has 0 saturated carbocycles. The van der Waals surface area contributed by atoms with E-state index in [9.17, 15) is 23.5 Å². The molecule has 39 heavy (non-hydrogen) atoms. The van der Waals surface area contributed by atoms with E-state index in [0.29, 0.717) is 0 Å². The lowest BCUT2D eigenvalue weighted by Crippen LogP contribution is -2.23. The van der Waals surface area contributed by atoms with Crippen molar-refractivity contribution >= 4 is 11.6 Å². The van der Waals surface area contributed by atoms with Crippen molar-refractivity contribution in [2.45, 2.75) is 6.61 Å². The number of carbonyl (C=O) groups is 1. The molecule has 0 saturated heterocycles. The summed E-state index contributed by atoms with van der Waals surface area (Å²) in [6, 6.07) is 8.76. The van der Waals surface area contributed by atoms with Crippen LogP contribution in [-0.4, -0.2) is 46.2 Å². The first-order valence-corrected chi connectivity index (χ1v) is 11.0. The topological polar surface area (TPSA) is 117 Å². The van der Waals surface area contributed by atoms with Gasteiger partial charge in [-0.3, -0.25) is 14.3 Å². The number of methoxy groups -OCH3 is 2. The van der Waals surface area contributed by atoms with Gasteiger partial charge in [0, 0.05) is 36.9 Å². The number of hydrogen-bond acceptors (Lipinski definition) is 7. The van der Waals surface area contributed by atoms with E-state index in [2.05, 4.69) is 15.0 Å². The van der Waals surface area contributed by atoms with Gasteiger partial charge in [0.25, 0.3) is 11.5 Å². The van der Waals surface area contributed by atoms with Crippen LogP contribution in [-0.2, 0) is 7.05 Å². The molecule has 0 unspecified atom stereocenters. The number of rotatable bonds is 8. The lowest BCUT2D eigenvalue weighted by atomic mass is 10.1. The van der Waals surface area contributed by atoms with Crippen molar-refractivity contribution in [3.63, 3.8) is 0 Å². The second-order valence-corrected chi connectivity index (χ2v) is 7.91. The fourth-order valence-electron chi connectivity index (χ4n) is 3.83. The highest BCUT2D eigenvalue weighted by Gasteiger charge is 2.28. The van der Waals surface area contributed by atoms with Gasteiger partial charge in [-0.05, 0) is 24.3 Å². The number of pyridine rings is 1. The third-order valence-electron chi connectivity index (χ3n) is 5.56. The molecule has 2 heterocycles. The normalized spacial score (nSPS) is 11.0. The molecule has 2 aromatic heterocycles. The van der Waals surface area contributed by atoms with Crippen LogP contribution in [0.2, 0.25) is 0 Å². The summed E-state index contributed by atoms with van der Waals surface area (Å²) in [6.07, 6.45) is 0. The van der Waals surface area contributed by atoms with Gasteiger partial charge < -0.3 is 24.6 Å². The van der Waals surface area contributed by atoms with Crippen molar-refractivity contribution in [3.05, 3.63) is 76.1 Å². The highest BCUT2D eigenvalue weighted by atomic mass is 19.3. The average molecular weight is 548 g/mol. The number of nitrogens with one attached hydrogen (secondary N) is 1. The predicted octanol–water partition coefficient (Wildman–Crippen LogP) is 4.09.